The molecule has 1 aliphatic heterocycles. The summed E-state index contributed by atoms with van der Waals surface area (Å²) in [5.41, 5.74) is 2.46. The molecule has 4 rings (SSSR count). The van der Waals surface area contributed by atoms with Crippen LogP contribution in [0.4, 0.5) is 21.8 Å². The van der Waals surface area contributed by atoms with Crippen molar-refractivity contribution in [1.82, 2.24) is 9.97 Å². The summed E-state index contributed by atoms with van der Waals surface area (Å²) in [6.07, 6.45) is 2.17. The van der Waals surface area contributed by atoms with Gasteiger partial charge in [0, 0.05) is 36.5 Å². The molecular weight excluding hydrogens is 487 g/mol. The molecule has 10 heteroatoms. The highest BCUT2D eigenvalue weighted by Gasteiger charge is 2.23. The first-order chi connectivity index (χ1) is 17.3. The van der Waals surface area contributed by atoms with Crippen LogP contribution in [0.25, 0.3) is 11.1 Å². The molecule has 0 aliphatic carbocycles. The van der Waals surface area contributed by atoms with E-state index in [0.29, 0.717) is 60.9 Å². The fourth-order valence-electron chi connectivity index (χ4n) is 4.25. The number of hydrogen-bond acceptors (Lipinski definition) is 7. The van der Waals surface area contributed by atoms with Crippen molar-refractivity contribution in [2.75, 3.05) is 36.5 Å². The minimum absolute atomic E-state index is 0.0287. The number of benzene rings is 2. The Morgan fingerprint density at radius 1 is 1.22 bits per heavy atom. The SMILES string of the molecule is CCC(C(C)=O)c1cc(C(=O)O)cc(-c2cnc(Nc3ccc(F)c(Cl)c3)nc2N2CCOCC2)c1. The van der Waals surface area contributed by atoms with E-state index in [2.05, 4.69) is 10.3 Å². The maximum absolute atomic E-state index is 13.6. The van der Waals surface area contributed by atoms with Crippen LogP contribution < -0.4 is 10.2 Å². The molecule has 1 atom stereocenters. The molecule has 1 unspecified atom stereocenters. The summed E-state index contributed by atoms with van der Waals surface area (Å²) in [4.78, 5) is 35.4. The molecule has 3 aromatic rings. The predicted molar refractivity (Wildman–Crippen MR) is 136 cm³/mol. The number of carbonyl (C=O) groups is 2. The van der Waals surface area contributed by atoms with Crippen LogP contribution in [0, 0.1) is 5.82 Å². The third kappa shape index (κ3) is 5.63. The number of anilines is 3. The molecule has 0 amide bonds. The minimum Gasteiger partial charge on any atom is -0.478 e. The number of morpholine rings is 1. The van der Waals surface area contributed by atoms with Gasteiger partial charge in [0.05, 0.1) is 23.8 Å². The number of halogens is 2. The van der Waals surface area contributed by atoms with E-state index < -0.39 is 17.7 Å². The zero-order valence-corrected chi connectivity index (χ0v) is 20.7. The first-order valence-electron chi connectivity index (χ1n) is 11.6. The topological polar surface area (TPSA) is 105 Å². The quantitative estimate of drug-likeness (QED) is 0.419. The Morgan fingerprint density at radius 2 is 1.97 bits per heavy atom. The van der Waals surface area contributed by atoms with Gasteiger partial charge in [0.15, 0.2) is 0 Å². The number of hydrogen-bond donors (Lipinski definition) is 2. The molecule has 1 aliphatic rings. The molecule has 0 spiro atoms. The average molecular weight is 513 g/mol. The molecule has 1 saturated heterocycles. The van der Waals surface area contributed by atoms with E-state index in [4.69, 9.17) is 21.3 Å². The molecule has 1 aromatic heterocycles. The summed E-state index contributed by atoms with van der Waals surface area (Å²) in [5.74, 6) is -1.21. The van der Waals surface area contributed by atoms with Gasteiger partial charge >= 0.3 is 5.97 Å². The molecule has 2 heterocycles. The fourth-order valence-corrected chi connectivity index (χ4v) is 4.43. The van der Waals surface area contributed by atoms with E-state index in [1.807, 2.05) is 17.9 Å². The van der Waals surface area contributed by atoms with Gasteiger partial charge in [-0.15, -0.1) is 0 Å². The van der Waals surface area contributed by atoms with Gasteiger partial charge in [-0.1, -0.05) is 24.6 Å². The molecule has 2 aromatic carbocycles. The lowest BCUT2D eigenvalue weighted by Gasteiger charge is -2.30. The maximum Gasteiger partial charge on any atom is 0.335 e. The van der Waals surface area contributed by atoms with E-state index in [9.17, 15) is 19.1 Å². The molecule has 8 nitrogen and oxygen atoms in total. The fraction of sp³-hybridized carbons (Fsp3) is 0.308. The van der Waals surface area contributed by atoms with Gasteiger partial charge in [-0.2, -0.15) is 4.98 Å². The van der Waals surface area contributed by atoms with Crippen molar-refractivity contribution in [3.8, 4) is 11.1 Å². The van der Waals surface area contributed by atoms with Gasteiger partial charge in [-0.05, 0) is 54.8 Å². The number of ketones is 1. The van der Waals surface area contributed by atoms with Gasteiger partial charge in [-0.25, -0.2) is 14.2 Å². The second-order valence-electron chi connectivity index (χ2n) is 8.50. The van der Waals surface area contributed by atoms with Crippen LogP contribution in [0.2, 0.25) is 5.02 Å². The van der Waals surface area contributed by atoms with E-state index in [1.54, 1.807) is 18.3 Å². The first kappa shape index (κ1) is 25.5. The number of nitrogens with zero attached hydrogens (tertiary/aromatic N) is 3. The van der Waals surface area contributed by atoms with Crippen LogP contribution in [-0.2, 0) is 9.53 Å². The summed E-state index contributed by atoms with van der Waals surface area (Å²) in [6, 6.07) is 9.16. The van der Waals surface area contributed by atoms with Crippen molar-refractivity contribution in [1.29, 1.82) is 0 Å². The summed E-state index contributed by atoms with van der Waals surface area (Å²) < 4.78 is 19.1. The molecule has 36 heavy (non-hydrogen) atoms. The number of carboxylic acids is 1. The first-order valence-corrected chi connectivity index (χ1v) is 12.0. The van der Waals surface area contributed by atoms with Crippen molar-refractivity contribution in [3.05, 3.63) is 64.6 Å². The Labute approximate surface area is 213 Å². The van der Waals surface area contributed by atoms with Crippen molar-refractivity contribution >= 4 is 40.8 Å². The zero-order chi connectivity index (χ0) is 25.8. The molecule has 0 saturated carbocycles. The minimum atomic E-state index is -1.09. The van der Waals surface area contributed by atoms with Crippen molar-refractivity contribution < 1.29 is 23.8 Å². The molecule has 188 valence electrons. The largest absolute Gasteiger partial charge is 0.478 e. The average Bonchev–Trinajstić information content (AvgIpc) is 2.87. The standard InChI is InChI=1S/C26H26ClFN4O4/c1-3-20(15(2)33)16-10-17(12-18(11-16)25(34)35)21-14-29-26(30-19-4-5-23(28)22(27)13-19)31-24(21)32-6-8-36-9-7-32/h4-5,10-14,20H,3,6-9H2,1-2H3,(H,34,35)(H,29,30,31). The number of carboxylic acid groups (broad SMARTS) is 1. The number of nitrogens with one attached hydrogen (secondary N) is 1. The van der Waals surface area contributed by atoms with Crippen LogP contribution in [-0.4, -0.2) is 53.1 Å². The third-order valence-electron chi connectivity index (χ3n) is 6.07. The maximum atomic E-state index is 13.6. The second kappa shape index (κ2) is 11.0. The lowest BCUT2D eigenvalue weighted by atomic mass is 9.89. The second-order valence-corrected chi connectivity index (χ2v) is 8.91. The summed E-state index contributed by atoms with van der Waals surface area (Å²) in [6.45, 7) is 5.60. The normalized spacial score (nSPS) is 14.4. The van der Waals surface area contributed by atoms with Crippen LogP contribution >= 0.6 is 11.6 Å². The van der Waals surface area contributed by atoms with Crippen LogP contribution in [0.3, 0.4) is 0 Å². The Kier molecular flexibility index (Phi) is 7.81. The highest BCUT2D eigenvalue weighted by atomic mass is 35.5. The highest BCUT2D eigenvalue weighted by Crippen LogP contribution is 2.34. The molecular formula is C26H26ClFN4O4. The number of aromatic carboxylic acids is 1. The van der Waals surface area contributed by atoms with Crippen LogP contribution in [0.5, 0.6) is 0 Å². The molecule has 2 N–H and O–H groups in total. The Hall–Kier alpha value is -3.56. The lowest BCUT2D eigenvalue weighted by molar-refractivity contribution is -0.118. The number of carbonyl (C=O) groups excluding carboxylic acids is 1. The number of Topliss-reactive ketones (excluding diaryl/α,β-unsaturated/α-hetero) is 1. The van der Waals surface area contributed by atoms with E-state index in [1.165, 1.54) is 25.1 Å². The Bertz CT molecular complexity index is 1300. The predicted octanol–water partition coefficient (Wildman–Crippen LogP) is 5.30. The van der Waals surface area contributed by atoms with Gasteiger partial charge < -0.3 is 20.1 Å². The van der Waals surface area contributed by atoms with Gasteiger partial charge in [-0.3, -0.25) is 4.79 Å². The van der Waals surface area contributed by atoms with Gasteiger partial charge in [0.25, 0.3) is 0 Å². The summed E-state index contributed by atoms with van der Waals surface area (Å²) in [7, 11) is 0. The highest BCUT2D eigenvalue weighted by molar-refractivity contribution is 6.31. The monoisotopic (exact) mass is 512 g/mol. The Balaban J connectivity index is 1.82. The number of aromatic nitrogens is 2. The molecule has 1 fully saturated rings. The Morgan fingerprint density at radius 3 is 2.61 bits per heavy atom. The summed E-state index contributed by atoms with van der Waals surface area (Å²) >= 11 is 5.90. The third-order valence-corrected chi connectivity index (χ3v) is 6.36. The van der Waals surface area contributed by atoms with Crippen molar-refractivity contribution in [3.63, 3.8) is 0 Å². The summed E-state index contributed by atoms with van der Waals surface area (Å²) in [5, 5.41) is 12.8. The number of ether oxygens (including phenoxy) is 1. The molecule has 0 radical (unpaired) electrons. The molecule has 0 bridgehead atoms. The van der Waals surface area contributed by atoms with E-state index >= 15 is 0 Å². The van der Waals surface area contributed by atoms with Crippen molar-refractivity contribution in [2.45, 2.75) is 26.2 Å². The van der Waals surface area contributed by atoms with E-state index in [0.717, 1.165) is 0 Å². The smallest absolute Gasteiger partial charge is 0.335 e. The number of rotatable bonds is 8. The van der Waals surface area contributed by atoms with E-state index in [-0.39, 0.29) is 22.3 Å². The lowest BCUT2D eigenvalue weighted by Crippen LogP contribution is -2.37. The van der Waals surface area contributed by atoms with Gasteiger partial charge in [0.1, 0.15) is 17.4 Å². The van der Waals surface area contributed by atoms with Crippen LogP contribution in [0.1, 0.15) is 42.1 Å². The van der Waals surface area contributed by atoms with Crippen LogP contribution in [0.15, 0.2) is 42.6 Å². The van der Waals surface area contributed by atoms with Crippen molar-refractivity contribution in [2.24, 2.45) is 0 Å². The van der Waals surface area contributed by atoms with Gasteiger partial charge in [0.2, 0.25) is 5.95 Å². The zero-order valence-electron chi connectivity index (χ0n) is 19.9.